The van der Waals surface area contributed by atoms with Crippen molar-refractivity contribution in [1.29, 1.82) is 0 Å². The summed E-state index contributed by atoms with van der Waals surface area (Å²) in [6.45, 7) is -0.401. The first kappa shape index (κ1) is 20.2. The zero-order chi connectivity index (χ0) is 20.0. The topological polar surface area (TPSA) is 89.5 Å². The molecule has 0 unspecified atom stereocenters. The third-order valence-electron chi connectivity index (χ3n) is 4.04. The maximum absolute atomic E-state index is 12.4. The Labute approximate surface area is 167 Å². The van der Waals surface area contributed by atoms with Gasteiger partial charge in [0.25, 0.3) is 0 Å². The first-order valence-electron chi connectivity index (χ1n) is 8.66. The number of Topliss-reactive ketones (excluding diaryl/α,β-unsaturated/α-hetero) is 1. The van der Waals surface area contributed by atoms with Gasteiger partial charge in [0.1, 0.15) is 6.54 Å². The molecule has 0 atom stereocenters. The zero-order valence-electron chi connectivity index (χ0n) is 15.0. The van der Waals surface area contributed by atoms with Crippen LogP contribution in [0.2, 0.25) is 0 Å². The predicted molar refractivity (Wildman–Crippen MR) is 108 cm³/mol. The number of esters is 1. The summed E-state index contributed by atoms with van der Waals surface area (Å²) in [6.07, 6.45) is 0.663. The van der Waals surface area contributed by atoms with E-state index in [9.17, 15) is 18.0 Å². The maximum atomic E-state index is 12.4. The number of hydrogen-bond acceptors (Lipinski definition) is 6. The Morgan fingerprint density at radius 3 is 2.54 bits per heavy atom. The normalized spacial score (nSPS) is 11.4. The highest BCUT2D eigenvalue weighted by Gasteiger charge is 2.16. The van der Waals surface area contributed by atoms with E-state index in [0.29, 0.717) is 11.3 Å². The molecule has 0 radical (unpaired) electrons. The smallest absolute Gasteiger partial charge is 0.321 e. The average molecular weight is 418 g/mol. The van der Waals surface area contributed by atoms with Crippen molar-refractivity contribution in [2.24, 2.45) is 0 Å². The van der Waals surface area contributed by atoms with Gasteiger partial charge in [0, 0.05) is 6.42 Å². The molecule has 0 aliphatic carbocycles. The van der Waals surface area contributed by atoms with Crippen LogP contribution in [0.5, 0.6) is 0 Å². The molecule has 146 valence electrons. The highest BCUT2D eigenvalue weighted by atomic mass is 32.2. The average Bonchev–Trinajstić information content (AvgIpc) is 3.24. The number of ketones is 1. The van der Waals surface area contributed by atoms with Crippen LogP contribution in [-0.4, -0.2) is 33.3 Å². The quantitative estimate of drug-likeness (QED) is 0.327. The molecule has 2 aromatic carbocycles. The van der Waals surface area contributed by atoms with Crippen LogP contribution < -0.4 is 4.72 Å². The van der Waals surface area contributed by atoms with Gasteiger partial charge >= 0.3 is 5.97 Å². The summed E-state index contributed by atoms with van der Waals surface area (Å²) in [5.74, 6) is -0.684. The molecule has 0 aliphatic rings. The monoisotopic (exact) mass is 417 g/mol. The van der Waals surface area contributed by atoms with Gasteiger partial charge in [-0.15, -0.1) is 11.3 Å². The lowest BCUT2D eigenvalue weighted by Crippen LogP contribution is -2.30. The lowest BCUT2D eigenvalue weighted by Gasteiger charge is -2.08. The summed E-state index contributed by atoms with van der Waals surface area (Å²) in [5, 5.41) is 3.55. The molecule has 0 saturated heterocycles. The van der Waals surface area contributed by atoms with Crippen molar-refractivity contribution >= 4 is 43.9 Å². The Balaban J connectivity index is 1.45. The van der Waals surface area contributed by atoms with Crippen LogP contribution in [0.4, 0.5) is 0 Å². The van der Waals surface area contributed by atoms with Crippen molar-refractivity contribution in [3.8, 4) is 0 Å². The number of nitrogens with one attached hydrogen (secondary N) is 1. The Kier molecular flexibility index (Phi) is 6.56. The van der Waals surface area contributed by atoms with Crippen LogP contribution in [0.25, 0.3) is 10.8 Å². The molecular formula is C20H19NO5S2. The van der Waals surface area contributed by atoms with Crippen molar-refractivity contribution in [1.82, 2.24) is 4.72 Å². The van der Waals surface area contributed by atoms with E-state index in [1.165, 1.54) is 17.4 Å². The van der Waals surface area contributed by atoms with E-state index in [0.717, 1.165) is 10.8 Å². The van der Waals surface area contributed by atoms with Gasteiger partial charge in [-0.3, -0.25) is 9.59 Å². The van der Waals surface area contributed by atoms with Crippen LogP contribution in [0.15, 0.2) is 64.9 Å². The van der Waals surface area contributed by atoms with Gasteiger partial charge in [0.05, 0.1) is 16.4 Å². The molecule has 0 fully saturated rings. The van der Waals surface area contributed by atoms with Crippen molar-refractivity contribution in [2.75, 3.05) is 13.2 Å². The summed E-state index contributed by atoms with van der Waals surface area (Å²) >= 11 is 1.37. The highest BCUT2D eigenvalue weighted by Crippen LogP contribution is 2.18. The number of ether oxygens (including phenoxy) is 1. The molecule has 1 heterocycles. The number of carbonyl (C=O) groups is 2. The van der Waals surface area contributed by atoms with Gasteiger partial charge in [-0.05, 0) is 40.8 Å². The van der Waals surface area contributed by atoms with E-state index in [2.05, 4.69) is 4.72 Å². The van der Waals surface area contributed by atoms with Crippen molar-refractivity contribution in [3.05, 3.63) is 64.9 Å². The van der Waals surface area contributed by atoms with Crippen LogP contribution in [0, 0.1) is 0 Å². The van der Waals surface area contributed by atoms with E-state index < -0.39 is 22.5 Å². The van der Waals surface area contributed by atoms with E-state index in [-0.39, 0.29) is 23.7 Å². The fourth-order valence-electron chi connectivity index (χ4n) is 2.60. The summed E-state index contributed by atoms with van der Waals surface area (Å²) in [6, 6.07) is 15.7. The minimum atomic E-state index is -3.82. The van der Waals surface area contributed by atoms with Gasteiger partial charge in [-0.2, -0.15) is 4.72 Å². The largest absolute Gasteiger partial charge is 0.465 e. The molecule has 0 bridgehead atoms. The van der Waals surface area contributed by atoms with Crippen molar-refractivity contribution in [3.63, 3.8) is 0 Å². The molecule has 28 heavy (non-hydrogen) atoms. The highest BCUT2D eigenvalue weighted by molar-refractivity contribution is 7.89. The lowest BCUT2D eigenvalue weighted by atomic mass is 10.1. The van der Waals surface area contributed by atoms with Gasteiger partial charge in [0.15, 0.2) is 5.78 Å². The molecule has 0 saturated carbocycles. The van der Waals surface area contributed by atoms with Gasteiger partial charge in [-0.1, -0.05) is 36.4 Å². The number of rotatable bonds is 9. The summed E-state index contributed by atoms with van der Waals surface area (Å²) < 4.78 is 32.0. The van der Waals surface area contributed by atoms with E-state index >= 15 is 0 Å². The molecule has 0 amide bonds. The third kappa shape index (κ3) is 5.25. The molecule has 0 spiro atoms. The Morgan fingerprint density at radius 2 is 1.79 bits per heavy atom. The Morgan fingerprint density at radius 1 is 1.00 bits per heavy atom. The molecule has 3 aromatic rings. The number of fused-ring (bicyclic) bond motifs is 1. The molecule has 3 rings (SSSR count). The van der Waals surface area contributed by atoms with Crippen molar-refractivity contribution in [2.45, 2.75) is 17.7 Å². The summed E-state index contributed by atoms with van der Waals surface area (Å²) in [4.78, 5) is 24.4. The van der Waals surface area contributed by atoms with Crippen molar-refractivity contribution < 1.29 is 22.7 Å². The Hall–Kier alpha value is -2.55. The van der Waals surface area contributed by atoms with Crippen LogP contribution in [0.1, 0.15) is 22.5 Å². The number of carbonyl (C=O) groups excluding carboxylic acids is 2. The molecule has 1 N–H and O–H groups in total. The first-order chi connectivity index (χ1) is 13.5. The van der Waals surface area contributed by atoms with Crippen LogP contribution >= 0.6 is 11.3 Å². The minimum Gasteiger partial charge on any atom is -0.465 e. The zero-order valence-corrected chi connectivity index (χ0v) is 16.6. The summed E-state index contributed by atoms with van der Waals surface area (Å²) in [7, 11) is -3.82. The number of benzene rings is 2. The molecule has 8 heteroatoms. The number of thiophene rings is 1. The van der Waals surface area contributed by atoms with E-state index in [4.69, 9.17) is 4.74 Å². The number of sulfonamides is 1. The van der Waals surface area contributed by atoms with Crippen LogP contribution in [-0.2, 0) is 19.6 Å². The predicted octanol–water partition coefficient (Wildman–Crippen LogP) is 3.39. The van der Waals surface area contributed by atoms with E-state index in [1.807, 2.05) is 29.6 Å². The molecule has 1 aromatic heterocycles. The van der Waals surface area contributed by atoms with Gasteiger partial charge < -0.3 is 4.74 Å². The molecular weight excluding hydrogens is 398 g/mol. The Bertz CT molecular complexity index is 1070. The summed E-state index contributed by atoms with van der Waals surface area (Å²) in [5.41, 5.74) is 0. The van der Waals surface area contributed by atoms with E-state index in [1.54, 1.807) is 24.3 Å². The SMILES string of the molecule is O=C(CNS(=O)(=O)c1ccc2ccccc2c1)OCCCC(=O)c1cccs1. The third-order valence-corrected chi connectivity index (χ3v) is 6.35. The first-order valence-corrected chi connectivity index (χ1v) is 11.0. The van der Waals surface area contributed by atoms with Gasteiger partial charge in [-0.25, -0.2) is 8.42 Å². The fourth-order valence-corrected chi connectivity index (χ4v) is 4.30. The maximum Gasteiger partial charge on any atom is 0.321 e. The second kappa shape index (κ2) is 9.09. The fraction of sp³-hybridized carbons (Fsp3) is 0.200. The standard InChI is InChI=1S/C20H19NO5S2/c22-18(19-8-4-12-27-19)7-3-11-26-20(23)14-21-28(24,25)17-10-9-15-5-1-2-6-16(15)13-17/h1-2,4-6,8-10,12-13,21H,3,7,11,14H2. The minimum absolute atomic E-state index is 0.00283. The molecule has 6 nitrogen and oxygen atoms in total. The van der Waals surface area contributed by atoms with Gasteiger partial charge in [0.2, 0.25) is 10.0 Å². The second-order valence-corrected chi connectivity index (χ2v) is 8.77. The molecule has 0 aliphatic heterocycles. The number of hydrogen-bond donors (Lipinski definition) is 1. The lowest BCUT2D eigenvalue weighted by molar-refractivity contribution is -0.142. The second-order valence-electron chi connectivity index (χ2n) is 6.06. The van der Waals surface area contributed by atoms with Crippen LogP contribution in [0.3, 0.4) is 0 Å².